The monoisotopic (exact) mass is 401 g/mol. The van der Waals surface area contributed by atoms with Crippen molar-refractivity contribution in [2.75, 3.05) is 0 Å². The summed E-state index contributed by atoms with van der Waals surface area (Å²) < 4.78 is 0. The molecule has 0 spiro atoms. The van der Waals surface area contributed by atoms with Gasteiger partial charge in [0.2, 0.25) is 0 Å². The molecule has 0 heterocycles. The average Bonchev–Trinajstić information content (AvgIpc) is 2.18. The predicted molar refractivity (Wildman–Crippen MR) is 54.4 cm³/mol. The van der Waals surface area contributed by atoms with Crippen LogP contribution in [0.15, 0.2) is 24.3 Å². The minimum Gasteiger partial charge on any atom is -0.872 e. The smallest absolute Gasteiger partial charge is 0.872 e. The minimum atomic E-state index is -2.19. The number of benzene rings is 1. The Morgan fingerprint density at radius 2 is 1.33 bits per heavy atom. The summed E-state index contributed by atoms with van der Waals surface area (Å²) in [5.41, 5.74) is -0.178. The number of hydrogen-bond acceptors (Lipinski definition) is 6. The minimum absolute atomic E-state index is 0. The zero-order valence-corrected chi connectivity index (χ0v) is 16.1. The molecule has 1 aromatic carbocycles. The fourth-order valence-electron chi connectivity index (χ4n) is 0.643. The number of aliphatic carboxylic acids is 2. The van der Waals surface area contributed by atoms with E-state index in [4.69, 9.17) is 24.9 Å². The normalized spacial score (nSPS) is 7.56. The van der Waals surface area contributed by atoms with Crippen molar-refractivity contribution in [1.82, 2.24) is 0 Å². The number of carbonyl (C=O) groups is 3. The number of hydrogen-bond donors (Lipinski definition) is 1. The fraction of sp³-hybridized carbons (Fsp3) is 0. The van der Waals surface area contributed by atoms with Crippen molar-refractivity contribution in [2.45, 2.75) is 0 Å². The molecule has 86 valence electrons. The molecule has 0 fully saturated rings. The van der Waals surface area contributed by atoms with Crippen LogP contribution in [0.4, 0.5) is 0 Å². The second-order valence-electron chi connectivity index (χ2n) is 2.38. The van der Waals surface area contributed by atoms with E-state index in [0.29, 0.717) is 0 Å². The Morgan fingerprint density at radius 1 is 0.944 bits per heavy atom. The van der Waals surface area contributed by atoms with Gasteiger partial charge in [0, 0.05) is 0 Å². The van der Waals surface area contributed by atoms with E-state index in [9.17, 15) is 9.90 Å². The third-order valence-corrected chi connectivity index (χ3v) is 1.28. The molecule has 1 rings (SSSR count). The number of carboxylic acids is 3. The molecule has 9 heteroatoms. The van der Waals surface area contributed by atoms with Gasteiger partial charge in [-0.05, 0) is 6.07 Å². The first-order chi connectivity index (χ1) is 7.36. The average molecular weight is 400 g/mol. The Morgan fingerprint density at radius 3 is 1.56 bits per heavy atom. The Kier molecular flexibility index (Phi) is 16.2. The van der Waals surface area contributed by atoms with Gasteiger partial charge >= 0.3 is 96.9 Å². The molecule has 1 N–H and O–H groups in total. The van der Waals surface area contributed by atoms with Gasteiger partial charge in [-0.15, -0.1) is 0 Å². The Bertz CT molecular complexity index is 407. The molecule has 0 amide bonds. The maximum atomic E-state index is 10.7. The maximum Gasteiger partial charge on any atom is 2.00 e. The van der Waals surface area contributed by atoms with Gasteiger partial charge in [-0.3, -0.25) is 0 Å². The van der Waals surface area contributed by atoms with Crippen molar-refractivity contribution < 1.29 is 34.8 Å². The molecule has 0 radical (unpaired) electrons. The topological polar surface area (TPSA) is 141 Å². The molecule has 7 nitrogen and oxygen atoms in total. The quantitative estimate of drug-likeness (QED) is 0.376. The van der Waals surface area contributed by atoms with Gasteiger partial charge in [-0.1, -0.05) is 23.9 Å². The van der Waals surface area contributed by atoms with E-state index in [2.05, 4.69) is 0 Å². The third kappa shape index (κ3) is 10.3. The largest absolute Gasteiger partial charge is 2.00 e. The summed E-state index contributed by atoms with van der Waals surface area (Å²) in [5.74, 6) is -5.99. The second-order valence-corrected chi connectivity index (χ2v) is 2.38. The first-order valence-corrected chi connectivity index (χ1v) is 3.78. The summed E-state index contributed by atoms with van der Waals surface area (Å²) in [4.78, 5) is 28.1. The first kappa shape index (κ1) is 23.5. The number of carboxylic acid groups (broad SMARTS) is 3. The summed E-state index contributed by atoms with van der Waals surface area (Å²) in [5, 5.41) is 36.9. The van der Waals surface area contributed by atoms with Gasteiger partial charge in [0.05, 0.1) is 17.5 Å². The van der Waals surface area contributed by atoms with Crippen LogP contribution in [0.2, 0.25) is 0 Å². The molecule has 0 saturated heterocycles. The molecular weight excluding hydrogens is 395 g/mol. The number of para-hydroxylation sites is 1. The van der Waals surface area contributed by atoms with E-state index in [0.717, 1.165) is 0 Å². The van der Waals surface area contributed by atoms with Crippen LogP contribution in [0.1, 0.15) is 10.4 Å². The van der Waals surface area contributed by atoms with Crippen LogP contribution in [-0.4, -0.2) is 114 Å². The van der Waals surface area contributed by atoms with Gasteiger partial charge < -0.3 is 30.0 Å². The summed E-state index contributed by atoms with van der Waals surface area (Å²) in [6.45, 7) is 0. The molecule has 0 bridgehead atoms. The van der Waals surface area contributed by atoms with Crippen LogP contribution in [0.25, 0.3) is 0 Å². The molecule has 0 unspecified atom stereocenters. The summed E-state index contributed by atoms with van der Waals surface area (Å²) in [7, 11) is 0. The van der Waals surface area contributed by atoms with E-state index >= 15 is 0 Å². The Hall–Kier alpha value is 0.391. The van der Waals surface area contributed by atoms with Gasteiger partial charge in [0.25, 0.3) is 0 Å². The van der Waals surface area contributed by atoms with Crippen LogP contribution < -0.4 is 15.3 Å². The van der Waals surface area contributed by atoms with Crippen molar-refractivity contribution in [2.24, 2.45) is 0 Å². The number of carbonyl (C=O) groups excluding carboxylic acids is 2. The number of aromatic carboxylic acids is 1. The van der Waals surface area contributed by atoms with E-state index in [1.165, 1.54) is 24.3 Å². The van der Waals surface area contributed by atoms with E-state index < -0.39 is 23.7 Å². The van der Waals surface area contributed by atoms with Crippen molar-refractivity contribution in [3.05, 3.63) is 29.8 Å². The van der Waals surface area contributed by atoms with Gasteiger partial charge in [-0.2, -0.15) is 0 Å². The molecule has 1 aromatic rings. The molecule has 0 aliphatic rings. The van der Waals surface area contributed by atoms with Crippen molar-refractivity contribution in [3.63, 3.8) is 0 Å². The van der Waals surface area contributed by atoms with E-state index in [-0.39, 0.29) is 96.5 Å². The van der Waals surface area contributed by atoms with Gasteiger partial charge in [0.15, 0.2) is 0 Å². The Labute approximate surface area is 176 Å². The third-order valence-electron chi connectivity index (χ3n) is 1.28. The van der Waals surface area contributed by atoms with Crippen LogP contribution >= 0.6 is 0 Å². The van der Waals surface area contributed by atoms with Crippen molar-refractivity contribution in [3.8, 4) is 5.75 Å². The standard InChI is InChI=1S/C7H6O3.C2H2O4.2Sr/c8-6-4-2-1-3-5(6)7(9)10;3-1(4)2(5)6;;/h1-4,8H,(H,9,10);(H,3,4)(H,5,6);;/q;;2*+2/p-3. The summed E-state index contributed by atoms with van der Waals surface area (Å²) in [6.07, 6.45) is 0. The zero-order chi connectivity index (χ0) is 12.7. The Balaban J connectivity index is -0.000000250. The van der Waals surface area contributed by atoms with Crippen LogP contribution in [0, 0.1) is 0 Å². The SMILES string of the molecule is O=C(O)c1ccccc1[O-].O=C([O-])C(=O)[O-].[Sr+2].[Sr+2]. The van der Waals surface area contributed by atoms with Crippen molar-refractivity contribution >= 4 is 109 Å². The summed E-state index contributed by atoms with van der Waals surface area (Å²) in [6, 6.07) is 5.54. The van der Waals surface area contributed by atoms with E-state index in [1.807, 2.05) is 0 Å². The molecule has 0 aliphatic carbocycles. The summed E-state index contributed by atoms with van der Waals surface area (Å²) >= 11 is 0. The van der Waals surface area contributed by atoms with Crippen LogP contribution in [0.5, 0.6) is 5.75 Å². The predicted octanol–water partition coefficient (Wildman–Crippen LogP) is -3.82. The number of rotatable bonds is 1. The zero-order valence-electron chi connectivity index (χ0n) is 9.12. The second kappa shape index (κ2) is 12.4. The fourth-order valence-corrected chi connectivity index (χ4v) is 0.643. The van der Waals surface area contributed by atoms with Gasteiger partial charge in [-0.25, -0.2) is 4.79 Å². The molecule has 0 aromatic heterocycles. The maximum absolute atomic E-state index is 10.7. The first-order valence-electron chi connectivity index (χ1n) is 3.78. The van der Waals surface area contributed by atoms with Crippen molar-refractivity contribution in [1.29, 1.82) is 0 Å². The van der Waals surface area contributed by atoms with E-state index in [1.54, 1.807) is 0 Å². The van der Waals surface area contributed by atoms with Gasteiger partial charge in [0.1, 0.15) is 0 Å². The molecule has 18 heavy (non-hydrogen) atoms. The van der Waals surface area contributed by atoms with Crippen LogP contribution in [0.3, 0.4) is 0 Å². The van der Waals surface area contributed by atoms with Crippen LogP contribution in [-0.2, 0) is 9.59 Å². The molecule has 0 aliphatic heterocycles. The molecule has 0 atom stereocenters. The molecule has 0 saturated carbocycles. The molecular formula is C9H5O7Sr2+.